The summed E-state index contributed by atoms with van der Waals surface area (Å²) in [6.07, 6.45) is 2.63. The zero-order chi connectivity index (χ0) is 13.3. The van der Waals surface area contributed by atoms with Gasteiger partial charge in [-0.25, -0.2) is 4.79 Å². The molecule has 1 saturated carbocycles. The van der Waals surface area contributed by atoms with Gasteiger partial charge in [-0.15, -0.1) is 0 Å². The van der Waals surface area contributed by atoms with Crippen molar-refractivity contribution in [3.8, 4) is 0 Å². The van der Waals surface area contributed by atoms with Crippen LogP contribution in [-0.4, -0.2) is 29.1 Å². The van der Waals surface area contributed by atoms with E-state index >= 15 is 0 Å². The molecule has 0 radical (unpaired) electrons. The quantitative estimate of drug-likeness (QED) is 0.890. The van der Waals surface area contributed by atoms with Crippen LogP contribution < -0.4 is 0 Å². The Kier molecular flexibility index (Phi) is 3.93. The standard InChI is InChI=1S/C14H18ClNO2/c1-9(10-3-4-10)16(2)8-12-6-5-11(14(17)18)7-13(12)15/h5-7,9-10H,3-4,8H2,1-2H3,(H,17,18). The van der Waals surface area contributed by atoms with Crippen LogP contribution in [0.3, 0.4) is 0 Å². The summed E-state index contributed by atoms with van der Waals surface area (Å²) in [6.45, 7) is 2.99. The van der Waals surface area contributed by atoms with Gasteiger partial charge in [-0.2, -0.15) is 0 Å². The topological polar surface area (TPSA) is 40.5 Å². The summed E-state index contributed by atoms with van der Waals surface area (Å²) in [5, 5.41) is 9.41. The maximum Gasteiger partial charge on any atom is 0.335 e. The highest BCUT2D eigenvalue weighted by Crippen LogP contribution is 2.35. The van der Waals surface area contributed by atoms with E-state index in [1.54, 1.807) is 6.07 Å². The number of carboxylic acid groups (broad SMARTS) is 1. The molecule has 0 aliphatic heterocycles. The summed E-state index contributed by atoms with van der Waals surface area (Å²) in [7, 11) is 2.09. The molecule has 1 aliphatic rings. The molecule has 0 amide bonds. The Labute approximate surface area is 112 Å². The summed E-state index contributed by atoms with van der Waals surface area (Å²) in [5.41, 5.74) is 1.22. The Balaban J connectivity index is 2.06. The van der Waals surface area contributed by atoms with E-state index in [1.807, 2.05) is 6.07 Å². The minimum Gasteiger partial charge on any atom is -0.478 e. The van der Waals surface area contributed by atoms with E-state index in [-0.39, 0.29) is 5.56 Å². The lowest BCUT2D eigenvalue weighted by Crippen LogP contribution is -2.30. The summed E-state index contributed by atoms with van der Waals surface area (Å²) in [5.74, 6) is -0.129. The fraction of sp³-hybridized carbons (Fsp3) is 0.500. The van der Waals surface area contributed by atoms with Gasteiger partial charge in [-0.3, -0.25) is 4.90 Å². The van der Waals surface area contributed by atoms with Crippen molar-refractivity contribution < 1.29 is 9.90 Å². The number of carboxylic acids is 1. The van der Waals surface area contributed by atoms with Crippen LogP contribution in [0, 0.1) is 5.92 Å². The van der Waals surface area contributed by atoms with Crippen LogP contribution >= 0.6 is 11.6 Å². The van der Waals surface area contributed by atoms with Crippen LogP contribution in [0.5, 0.6) is 0 Å². The zero-order valence-corrected chi connectivity index (χ0v) is 11.4. The first-order valence-electron chi connectivity index (χ1n) is 6.21. The van der Waals surface area contributed by atoms with E-state index in [1.165, 1.54) is 18.9 Å². The van der Waals surface area contributed by atoms with Gasteiger partial charge in [0.1, 0.15) is 0 Å². The Bertz CT molecular complexity index is 457. The second-order valence-electron chi connectivity index (χ2n) is 5.10. The third kappa shape index (κ3) is 3.03. The smallest absolute Gasteiger partial charge is 0.335 e. The van der Waals surface area contributed by atoms with Crippen molar-refractivity contribution >= 4 is 17.6 Å². The fourth-order valence-electron chi connectivity index (χ4n) is 2.16. The molecule has 1 N–H and O–H groups in total. The summed E-state index contributed by atoms with van der Waals surface area (Å²) in [4.78, 5) is 13.1. The highest BCUT2D eigenvalue weighted by molar-refractivity contribution is 6.31. The third-order valence-electron chi connectivity index (χ3n) is 3.72. The van der Waals surface area contributed by atoms with Crippen molar-refractivity contribution in [3.05, 3.63) is 34.3 Å². The lowest BCUT2D eigenvalue weighted by molar-refractivity contribution is 0.0697. The average Bonchev–Trinajstić information content (AvgIpc) is 3.14. The molecule has 3 nitrogen and oxygen atoms in total. The van der Waals surface area contributed by atoms with Gasteiger partial charge in [0, 0.05) is 17.6 Å². The number of hydrogen-bond donors (Lipinski definition) is 1. The number of hydrogen-bond acceptors (Lipinski definition) is 2. The molecule has 1 aromatic carbocycles. The second kappa shape index (κ2) is 5.29. The monoisotopic (exact) mass is 267 g/mol. The van der Waals surface area contributed by atoms with E-state index < -0.39 is 5.97 Å². The van der Waals surface area contributed by atoms with Crippen LogP contribution in [0.4, 0.5) is 0 Å². The predicted octanol–water partition coefficient (Wildman–Crippen LogP) is 3.27. The zero-order valence-electron chi connectivity index (χ0n) is 10.7. The molecule has 1 fully saturated rings. The molecular weight excluding hydrogens is 250 g/mol. The molecule has 2 rings (SSSR count). The molecule has 98 valence electrons. The molecular formula is C14H18ClNO2. The molecule has 0 bridgehead atoms. The van der Waals surface area contributed by atoms with Gasteiger partial charge in [-0.1, -0.05) is 17.7 Å². The number of aromatic carboxylic acids is 1. The van der Waals surface area contributed by atoms with E-state index in [2.05, 4.69) is 18.9 Å². The molecule has 4 heteroatoms. The summed E-state index contributed by atoms with van der Waals surface area (Å²) in [6, 6.07) is 5.50. The molecule has 0 spiro atoms. The number of nitrogens with zero attached hydrogens (tertiary/aromatic N) is 1. The Morgan fingerprint density at radius 1 is 1.56 bits per heavy atom. The fourth-order valence-corrected chi connectivity index (χ4v) is 2.40. The third-order valence-corrected chi connectivity index (χ3v) is 4.07. The molecule has 0 heterocycles. The molecule has 1 aromatic rings. The number of benzene rings is 1. The highest BCUT2D eigenvalue weighted by Gasteiger charge is 2.30. The molecule has 1 aliphatic carbocycles. The first kappa shape index (κ1) is 13.4. The highest BCUT2D eigenvalue weighted by atomic mass is 35.5. The van der Waals surface area contributed by atoms with Crippen LogP contribution in [-0.2, 0) is 6.54 Å². The normalized spacial score (nSPS) is 16.9. The Morgan fingerprint density at radius 3 is 2.72 bits per heavy atom. The van der Waals surface area contributed by atoms with E-state index in [9.17, 15) is 4.79 Å². The largest absolute Gasteiger partial charge is 0.478 e. The maximum absolute atomic E-state index is 10.8. The average molecular weight is 268 g/mol. The van der Waals surface area contributed by atoms with E-state index in [4.69, 9.17) is 16.7 Å². The SMILES string of the molecule is CC(C1CC1)N(C)Cc1ccc(C(=O)O)cc1Cl. The molecule has 18 heavy (non-hydrogen) atoms. The molecule has 0 saturated heterocycles. The van der Waals surface area contributed by atoms with Crippen molar-refractivity contribution in [1.82, 2.24) is 4.90 Å². The van der Waals surface area contributed by atoms with Gasteiger partial charge >= 0.3 is 5.97 Å². The summed E-state index contributed by atoms with van der Waals surface area (Å²) < 4.78 is 0. The van der Waals surface area contributed by atoms with Crippen molar-refractivity contribution in [3.63, 3.8) is 0 Å². The minimum atomic E-state index is -0.942. The van der Waals surface area contributed by atoms with Gasteiger partial charge in [0.15, 0.2) is 0 Å². The lowest BCUT2D eigenvalue weighted by atomic mass is 10.1. The van der Waals surface area contributed by atoms with Crippen molar-refractivity contribution in [1.29, 1.82) is 0 Å². The first-order valence-corrected chi connectivity index (χ1v) is 6.59. The number of carbonyl (C=O) groups is 1. The van der Waals surface area contributed by atoms with Crippen LogP contribution in [0.25, 0.3) is 0 Å². The predicted molar refractivity (Wildman–Crippen MR) is 72.1 cm³/mol. The molecule has 1 atom stereocenters. The minimum absolute atomic E-state index is 0.238. The van der Waals surface area contributed by atoms with Crippen LogP contribution in [0.15, 0.2) is 18.2 Å². The van der Waals surface area contributed by atoms with E-state index in [0.717, 1.165) is 18.0 Å². The van der Waals surface area contributed by atoms with Gasteiger partial charge in [0.2, 0.25) is 0 Å². The van der Waals surface area contributed by atoms with Gasteiger partial charge in [-0.05, 0) is 50.4 Å². The first-order chi connectivity index (χ1) is 8.49. The van der Waals surface area contributed by atoms with Crippen LogP contribution in [0.1, 0.15) is 35.7 Å². The summed E-state index contributed by atoms with van der Waals surface area (Å²) >= 11 is 6.13. The molecule has 1 unspecified atom stereocenters. The van der Waals surface area contributed by atoms with Crippen molar-refractivity contribution in [2.75, 3.05) is 7.05 Å². The Morgan fingerprint density at radius 2 is 2.22 bits per heavy atom. The van der Waals surface area contributed by atoms with Crippen molar-refractivity contribution in [2.24, 2.45) is 5.92 Å². The lowest BCUT2D eigenvalue weighted by Gasteiger charge is -2.25. The molecule has 0 aromatic heterocycles. The maximum atomic E-state index is 10.8. The van der Waals surface area contributed by atoms with Crippen LogP contribution in [0.2, 0.25) is 5.02 Å². The van der Waals surface area contributed by atoms with Gasteiger partial charge < -0.3 is 5.11 Å². The number of rotatable bonds is 5. The second-order valence-corrected chi connectivity index (χ2v) is 5.51. The van der Waals surface area contributed by atoms with E-state index in [0.29, 0.717) is 11.1 Å². The van der Waals surface area contributed by atoms with Gasteiger partial charge in [0.05, 0.1) is 5.56 Å². The van der Waals surface area contributed by atoms with Gasteiger partial charge in [0.25, 0.3) is 0 Å². The number of halogens is 1. The Hall–Kier alpha value is -1.06. The van der Waals surface area contributed by atoms with Crippen molar-refractivity contribution in [2.45, 2.75) is 32.4 Å².